The van der Waals surface area contributed by atoms with Crippen molar-refractivity contribution in [3.05, 3.63) is 100 Å². The maximum atomic E-state index is 2.44. The van der Waals surface area contributed by atoms with Gasteiger partial charge in [-0.05, 0) is 322 Å². The van der Waals surface area contributed by atoms with Crippen LogP contribution in [0.25, 0.3) is 97.0 Å². The summed E-state index contributed by atoms with van der Waals surface area (Å²) < 4.78 is 0. The van der Waals surface area contributed by atoms with Gasteiger partial charge in [0, 0.05) is 0 Å². The molecule has 0 radical (unpaired) electrons. The lowest BCUT2D eigenvalue weighted by atomic mass is 9.78. The van der Waals surface area contributed by atoms with Crippen molar-refractivity contribution in [2.75, 3.05) is 0 Å². The van der Waals surface area contributed by atoms with Gasteiger partial charge in [0.2, 0.25) is 0 Å². The van der Waals surface area contributed by atoms with E-state index in [1.165, 1.54) is 197 Å². The van der Waals surface area contributed by atoms with E-state index in [0.717, 1.165) is 0 Å². The summed E-state index contributed by atoms with van der Waals surface area (Å²) in [6.07, 6.45) is 0. The maximum Gasteiger partial charge on any atom is -0.000768 e. The molecule has 0 heteroatoms. The SMILES string of the molecule is Cc1c(C)c2c(C)c(C)c(C)c3c2c(c1C)c1c2c(C)c(C)c(C)c4c5c6c(C)c(C)c(C)c7c(C)c(C)c(C)c(c76)c5c5c(C)c(C)c(C)c(c31)c5c24. The second-order valence-electron chi connectivity index (χ2n) is 18.0. The number of rotatable bonds is 0. The Bertz CT molecular complexity index is 3020. The standard InChI is InChI=1S/C54H54/c1-19-25(7)37-26(8)20(2)30(12)40-47(37)39(29(19)11)49-43-33(15)23(5)35(17)45-51-41-31(13)21(3)27(9)38-28(10)22(4)32(14)42(48(38)41)52(51)46-36(18)24(6)34(16)44(50(40)49)54(46)53(43)45/h1-18H3. The molecular weight excluding hydrogens is 649 g/mol. The fraction of sp³-hybridized carbons (Fsp3) is 0.333. The third-order valence-corrected chi connectivity index (χ3v) is 16.5. The van der Waals surface area contributed by atoms with Crippen LogP contribution in [0.3, 0.4) is 0 Å². The molecule has 0 amide bonds. The molecule has 0 heterocycles. The first-order chi connectivity index (χ1) is 25.4. The van der Waals surface area contributed by atoms with Gasteiger partial charge in [0.25, 0.3) is 0 Å². The normalized spacial score (nSPS) is 13.0. The van der Waals surface area contributed by atoms with Crippen molar-refractivity contribution < 1.29 is 0 Å². The van der Waals surface area contributed by atoms with Gasteiger partial charge in [-0.25, -0.2) is 0 Å². The largest absolute Gasteiger partial charge is 0.0440 e. The van der Waals surface area contributed by atoms with Crippen molar-refractivity contribution in [3.8, 4) is 0 Å². The molecule has 0 aliphatic heterocycles. The monoisotopic (exact) mass is 702 g/mol. The second-order valence-corrected chi connectivity index (χ2v) is 18.0. The second kappa shape index (κ2) is 10.1. The molecule has 10 rings (SSSR count). The molecular formula is C54H54. The average molecular weight is 703 g/mol. The van der Waals surface area contributed by atoms with Gasteiger partial charge in [-0.3, -0.25) is 0 Å². The predicted octanol–water partition coefficient (Wildman–Crippen LogP) is 15.9. The molecule has 0 spiro atoms. The van der Waals surface area contributed by atoms with E-state index in [1.54, 1.807) is 0 Å². The van der Waals surface area contributed by atoms with Crippen LogP contribution in [0, 0.1) is 125 Å². The molecule has 10 aromatic carbocycles. The molecule has 0 saturated heterocycles. The van der Waals surface area contributed by atoms with Crippen LogP contribution in [0.1, 0.15) is 100 Å². The van der Waals surface area contributed by atoms with E-state index in [4.69, 9.17) is 0 Å². The van der Waals surface area contributed by atoms with Crippen LogP contribution >= 0.6 is 0 Å². The predicted molar refractivity (Wildman–Crippen MR) is 243 cm³/mol. The molecule has 0 saturated carbocycles. The van der Waals surface area contributed by atoms with Gasteiger partial charge in [-0.2, -0.15) is 0 Å². The van der Waals surface area contributed by atoms with Gasteiger partial charge in [-0.1, -0.05) is 0 Å². The lowest BCUT2D eigenvalue weighted by Gasteiger charge is -2.25. The number of fused-ring (bicyclic) bond motifs is 10. The molecule has 10 aromatic rings. The van der Waals surface area contributed by atoms with E-state index < -0.39 is 0 Å². The van der Waals surface area contributed by atoms with Crippen molar-refractivity contribution in [3.63, 3.8) is 0 Å². The van der Waals surface area contributed by atoms with Gasteiger partial charge in [-0.15, -0.1) is 0 Å². The molecule has 54 heavy (non-hydrogen) atoms. The number of aryl methyl sites for hydroxylation is 12. The van der Waals surface area contributed by atoms with Crippen molar-refractivity contribution in [1.29, 1.82) is 0 Å². The highest BCUT2D eigenvalue weighted by Gasteiger charge is 2.33. The first-order valence-electron chi connectivity index (χ1n) is 20.2. The molecule has 0 atom stereocenters. The molecule has 0 bridgehead atoms. The van der Waals surface area contributed by atoms with Crippen molar-refractivity contribution in [2.24, 2.45) is 0 Å². The lowest BCUT2D eigenvalue weighted by molar-refractivity contribution is 1.28. The van der Waals surface area contributed by atoms with Crippen molar-refractivity contribution in [2.45, 2.75) is 125 Å². The molecule has 0 aromatic heterocycles. The van der Waals surface area contributed by atoms with Crippen LogP contribution < -0.4 is 0 Å². The van der Waals surface area contributed by atoms with Crippen LogP contribution in [0.4, 0.5) is 0 Å². The fourth-order valence-electron chi connectivity index (χ4n) is 12.2. The first-order valence-corrected chi connectivity index (χ1v) is 20.2. The third kappa shape index (κ3) is 3.30. The Morgan fingerprint density at radius 3 is 0.315 bits per heavy atom. The minimum absolute atomic E-state index is 1.44. The van der Waals surface area contributed by atoms with Gasteiger partial charge in [0.05, 0.1) is 0 Å². The van der Waals surface area contributed by atoms with Crippen molar-refractivity contribution in [1.82, 2.24) is 0 Å². The number of hydrogen-bond donors (Lipinski definition) is 0. The lowest BCUT2D eigenvalue weighted by Crippen LogP contribution is -2.00. The first kappa shape index (κ1) is 33.9. The van der Waals surface area contributed by atoms with Crippen LogP contribution in [0.5, 0.6) is 0 Å². The summed E-state index contributed by atoms with van der Waals surface area (Å²) in [6, 6.07) is 0. The van der Waals surface area contributed by atoms with E-state index in [1.807, 2.05) is 0 Å². The van der Waals surface area contributed by atoms with Crippen LogP contribution in [0.2, 0.25) is 0 Å². The molecule has 0 N–H and O–H groups in total. The van der Waals surface area contributed by atoms with Crippen LogP contribution in [-0.2, 0) is 0 Å². The Hall–Kier alpha value is -4.68. The zero-order valence-electron chi connectivity index (χ0n) is 36.0. The molecule has 0 fully saturated rings. The molecule has 0 aliphatic carbocycles. The fourth-order valence-corrected chi connectivity index (χ4v) is 12.2. The zero-order chi connectivity index (χ0) is 38.8. The quantitative estimate of drug-likeness (QED) is 0.138. The van der Waals surface area contributed by atoms with E-state index in [0.29, 0.717) is 0 Å². The van der Waals surface area contributed by atoms with Gasteiger partial charge in [0.1, 0.15) is 0 Å². The van der Waals surface area contributed by atoms with Crippen LogP contribution in [-0.4, -0.2) is 0 Å². The number of hydrogen-bond acceptors (Lipinski definition) is 0. The minimum Gasteiger partial charge on any atom is -0.0440 e. The van der Waals surface area contributed by atoms with E-state index in [9.17, 15) is 0 Å². The smallest absolute Gasteiger partial charge is 0.000768 e. The highest BCUT2D eigenvalue weighted by molar-refractivity contribution is 6.54. The van der Waals surface area contributed by atoms with E-state index >= 15 is 0 Å². The topological polar surface area (TPSA) is 0 Å². The van der Waals surface area contributed by atoms with Crippen molar-refractivity contribution >= 4 is 97.0 Å². The summed E-state index contributed by atoms with van der Waals surface area (Å²) >= 11 is 0. The summed E-state index contributed by atoms with van der Waals surface area (Å²) in [7, 11) is 0. The van der Waals surface area contributed by atoms with Gasteiger partial charge >= 0.3 is 0 Å². The highest BCUT2D eigenvalue weighted by Crippen LogP contribution is 2.59. The van der Waals surface area contributed by atoms with E-state index in [2.05, 4.69) is 125 Å². The Labute approximate surface area is 320 Å². The Morgan fingerprint density at radius 1 is 0.0926 bits per heavy atom. The van der Waals surface area contributed by atoms with Gasteiger partial charge in [0.15, 0.2) is 0 Å². The highest BCUT2D eigenvalue weighted by atomic mass is 14.4. The average Bonchev–Trinajstić information content (AvgIpc) is 3.67. The summed E-state index contributed by atoms with van der Waals surface area (Å²) in [5, 5.41) is 26.8. The Morgan fingerprint density at radius 2 is 0.185 bits per heavy atom. The van der Waals surface area contributed by atoms with E-state index in [-0.39, 0.29) is 0 Å². The zero-order valence-corrected chi connectivity index (χ0v) is 36.0. The minimum atomic E-state index is 1.44. The molecule has 0 nitrogen and oxygen atoms in total. The molecule has 0 unspecified atom stereocenters. The third-order valence-electron chi connectivity index (χ3n) is 16.5. The molecule has 0 aliphatic rings. The Kier molecular flexibility index (Phi) is 6.35. The van der Waals surface area contributed by atoms with Crippen LogP contribution in [0.15, 0.2) is 0 Å². The summed E-state index contributed by atoms with van der Waals surface area (Å²) in [6.45, 7) is 43.2. The number of benzene rings is 8. The Balaban J connectivity index is 1.76. The summed E-state index contributed by atoms with van der Waals surface area (Å²) in [4.78, 5) is 0. The summed E-state index contributed by atoms with van der Waals surface area (Å²) in [5.74, 6) is 0. The summed E-state index contributed by atoms with van der Waals surface area (Å²) in [5.41, 5.74) is 26.0. The maximum absolute atomic E-state index is 2.44. The van der Waals surface area contributed by atoms with Gasteiger partial charge < -0.3 is 0 Å². The molecule has 270 valence electrons.